The summed E-state index contributed by atoms with van der Waals surface area (Å²) in [5, 5.41) is 3.20. The maximum Gasteiger partial charge on any atom is 0.234 e. The van der Waals surface area contributed by atoms with E-state index in [1.807, 2.05) is 61.5 Å². The third kappa shape index (κ3) is 5.42. The Kier molecular flexibility index (Phi) is 6.18. The number of hydrogen-bond acceptors (Lipinski definition) is 3. The molecule has 2 atom stereocenters. The van der Waals surface area contributed by atoms with Gasteiger partial charge >= 0.3 is 0 Å². The lowest BCUT2D eigenvalue weighted by Gasteiger charge is -2.19. The summed E-state index contributed by atoms with van der Waals surface area (Å²) in [4.78, 5) is 11.1. The molecule has 0 bridgehead atoms. The lowest BCUT2D eigenvalue weighted by molar-refractivity contribution is -0.119. The molecule has 2 aromatic carbocycles. The third-order valence-corrected chi connectivity index (χ3v) is 3.70. The Morgan fingerprint density at radius 3 is 2.43 bits per heavy atom. The molecule has 1 unspecified atom stereocenters. The zero-order valence-corrected chi connectivity index (χ0v) is 13.7. The largest absolute Gasteiger partial charge is 0.489 e. The van der Waals surface area contributed by atoms with Crippen LogP contribution in [0, 0.1) is 0 Å². The molecule has 2 aromatic rings. The first-order valence-corrected chi connectivity index (χ1v) is 7.86. The maximum atomic E-state index is 11.1. The van der Waals surface area contributed by atoms with E-state index in [0.717, 1.165) is 23.3 Å². The number of ether oxygens (including phenoxy) is 1. The van der Waals surface area contributed by atoms with Gasteiger partial charge in [-0.1, -0.05) is 48.5 Å². The molecule has 0 aliphatic rings. The van der Waals surface area contributed by atoms with Crippen LogP contribution in [0.5, 0.6) is 5.75 Å². The van der Waals surface area contributed by atoms with E-state index < -0.39 is 0 Å². The molecular weight excluding hydrogens is 288 g/mol. The Labute approximate surface area is 137 Å². The minimum absolute atomic E-state index is 0.124. The number of rotatable bonds is 8. The van der Waals surface area contributed by atoms with Crippen LogP contribution in [0.1, 0.15) is 25.0 Å². The fourth-order valence-corrected chi connectivity index (χ4v) is 2.45. The van der Waals surface area contributed by atoms with Crippen LogP contribution in [-0.4, -0.2) is 18.0 Å². The molecule has 0 aromatic heterocycles. The normalized spacial score (nSPS) is 13.3. The zero-order valence-electron chi connectivity index (χ0n) is 13.7. The molecule has 0 saturated heterocycles. The number of nitrogens with one attached hydrogen (secondary N) is 1. The van der Waals surface area contributed by atoms with Crippen LogP contribution < -0.4 is 15.8 Å². The highest BCUT2D eigenvalue weighted by molar-refractivity contribution is 5.79. The van der Waals surface area contributed by atoms with E-state index in [1.54, 1.807) is 6.92 Å². The average Bonchev–Trinajstić information content (AvgIpc) is 2.54. The van der Waals surface area contributed by atoms with Crippen molar-refractivity contribution in [1.29, 1.82) is 0 Å². The highest BCUT2D eigenvalue weighted by Gasteiger charge is 2.14. The minimum atomic E-state index is -0.345. The van der Waals surface area contributed by atoms with Crippen LogP contribution in [0.3, 0.4) is 0 Å². The summed E-state index contributed by atoms with van der Waals surface area (Å²) >= 11 is 0. The molecular formula is C19H24N2O2. The molecule has 1 amide bonds. The second kappa shape index (κ2) is 8.34. The van der Waals surface area contributed by atoms with Crippen molar-refractivity contribution in [2.45, 2.75) is 39.0 Å². The third-order valence-electron chi connectivity index (χ3n) is 3.70. The van der Waals surface area contributed by atoms with Gasteiger partial charge in [-0.2, -0.15) is 0 Å². The second-order valence-electron chi connectivity index (χ2n) is 5.78. The predicted molar refractivity (Wildman–Crippen MR) is 92.2 cm³/mol. The summed E-state index contributed by atoms with van der Waals surface area (Å²) in [6.07, 6.45) is 0.766. The van der Waals surface area contributed by atoms with Gasteiger partial charge in [-0.3, -0.25) is 4.79 Å². The first-order chi connectivity index (χ1) is 11.1. The molecule has 0 heterocycles. The molecule has 2 rings (SSSR count). The number of primary amides is 1. The van der Waals surface area contributed by atoms with Gasteiger partial charge in [0.25, 0.3) is 0 Å². The lowest BCUT2D eigenvalue weighted by atomic mass is 10.1. The van der Waals surface area contributed by atoms with Gasteiger partial charge in [0.1, 0.15) is 12.4 Å². The highest BCUT2D eigenvalue weighted by atomic mass is 16.5. The van der Waals surface area contributed by atoms with Crippen molar-refractivity contribution in [2.24, 2.45) is 5.73 Å². The number of para-hydroxylation sites is 1. The fraction of sp³-hybridized carbons (Fsp3) is 0.316. The number of nitrogens with two attached hydrogens (primary N) is 1. The Morgan fingerprint density at radius 1 is 1.09 bits per heavy atom. The molecule has 0 aliphatic carbocycles. The van der Waals surface area contributed by atoms with E-state index in [4.69, 9.17) is 10.5 Å². The van der Waals surface area contributed by atoms with Gasteiger partial charge in [-0.25, -0.2) is 0 Å². The van der Waals surface area contributed by atoms with E-state index in [0.29, 0.717) is 6.61 Å². The number of carbonyl (C=O) groups is 1. The molecule has 0 spiro atoms. The van der Waals surface area contributed by atoms with Gasteiger partial charge in [0.2, 0.25) is 5.91 Å². The Hall–Kier alpha value is -2.33. The monoisotopic (exact) mass is 312 g/mol. The van der Waals surface area contributed by atoms with E-state index in [-0.39, 0.29) is 18.0 Å². The molecule has 0 radical (unpaired) electrons. The van der Waals surface area contributed by atoms with Crippen molar-refractivity contribution >= 4 is 5.91 Å². The molecule has 3 N–H and O–H groups in total. The van der Waals surface area contributed by atoms with E-state index >= 15 is 0 Å². The zero-order chi connectivity index (χ0) is 16.7. The van der Waals surface area contributed by atoms with Gasteiger partial charge in [0.15, 0.2) is 0 Å². The van der Waals surface area contributed by atoms with E-state index in [2.05, 4.69) is 5.32 Å². The first-order valence-electron chi connectivity index (χ1n) is 7.86. The smallest absolute Gasteiger partial charge is 0.234 e. The minimum Gasteiger partial charge on any atom is -0.489 e. The van der Waals surface area contributed by atoms with Crippen molar-refractivity contribution in [1.82, 2.24) is 5.32 Å². The van der Waals surface area contributed by atoms with E-state index in [9.17, 15) is 4.79 Å². The van der Waals surface area contributed by atoms with Crippen LogP contribution in [0.2, 0.25) is 0 Å². The van der Waals surface area contributed by atoms with E-state index in [1.165, 1.54) is 0 Å². The summed E-state index contributed by atoms with van der Waals surface area (Å²) in [5.41, 5.74) is 7.54. The van der Waals surface area contributed by atoms with Gasteiger partial charge in [0, 0.05) is 6.04 Å². The average molecular weight is 312 g/mol. The number of carbonyl (C=O) groups excluding carboxylic acids is 1. The lowest BCUT2D eigenvalue weighted by Crippen LogP contribution is -2.44. The van der Waals surface area contributed by atoms with Crippen LogP contribution in [0.25, 0.3) is 0 Å². The van der Waals surface area contributed by atoms with Crippen LogP contribution >= 0.6 is 0 Å². The molecule has 4 heteroatoms. The summed E-state index contributed by atoms with van der Waals surface area (Å²) in [7, 11) is 0. The standard InChI is InChI=1S/C19H24N2O2/c1-14(21-15(2)19(20)22)12-17-10-6-7-11-18(17)23-13-16-8-4-3-5-9-16/h3-11,14-15,21H,12-13H2,1-2H3,(H2,20,22)/t14?,15-/m0/s1. The molecule has 4 nitrogen and oxygen atoms in total. The van der Waals surface area contributed by atoms with Crippen molar-refractivity contribution in [3.05, 3.63) is 65.7 Å². The second-order valence-corrected chi connectivity index (χ2v) is 5.78. The number of benzene rings is 2. The summed E-state index contributed by atoms with van der Waals surface area (Å²) in [6, 6.07) is 17.8. The van der Waals surface area contributed by atoms with Crippen molar-refractivity contribution in [3.63, 3.8) is 0 Å². The summed E-state index contributed by atoms with van der Waals surface area (Å²) in [6.45, 7) is 4.35. The topological polar surface area (TPSA) is 64.3 Å². The van der Waals surface area contributed by atoms with Gasteiger partial charge < -0.3 is 15.8 Å². The molecule has 0 fully saturated rings. The Balaban J connectivity index is 1.98. The van der Waals surface area contributed by atoms with Gasteiger partial charge in [-0.05, 0) is 37.5 Å². The molecule has 122 valence electrons. The van der Waals surface area contributed by atoms with Gasteiger partial charge in [0.05, 0.1) is 6.04 Å². The van der Waals surface area contributed by atoms with Crippen molar-refractivity contribution in [2.75, 3.05) is 0 Å². The molecule has 23 heavy (non-hydrogen) atoms. The van der Waals surface area contributed by atoms with Crippen LogP contribution in [-0.2, 0) is 17.8 Å². The van der Waals surface area contributed by atoms with Gasteiger partial charge in [-0.15, -0.1) is 0 Å². The Bertz CT molecular complexity index is 628. The first kappa shape index (κ1) is 17.0. The number of amides is 1. The predicted octanol–water partition coefficient (Wildman–Crippen LogP) is 2.66. The van der Waals surface area contributed by atoms with Crippen molar-refractivity contribution < 1.29 is 9.53 Å². The molecule has 0 aliphatic heterocycles. The van der Waals surface area contributed by atoms with Crippen LogP contribution in [0.15, 0.2) is 54.6 Å². The highest BCUT2D eigenvalue weighted by Crippen LogP contribution is 2.21. The van der Waals surface area contributed by atoms with Crippen LogP contribution in [0.4, 0.5) is 0 Å². The summed E-state index contributed by atoms with van der Waals surface area (Å²) < 4.78 is 5.96. The SMILES string of the molecule is CC(Cc1ccccc1OCc1ccccc1)N[C@@H](C)C(N)=O. The quantitative estimate of drug-likeness (QED) is 0.787. The van der Waals surface area contributed by atoms with Crippen molar-refractivity contribution in [3.8, 4) is 5.75 Å². The molecule has 0 saturated carbocycles. The summed E-state index contributed by atoms with van der Waals surface area (Å²) in [5.74, 6) is 0.530. The number of hydrogen-bond donors (Lipinski definition) is 2. The Morgan fingerprint density at radius 2 is 1.74 bits per heavy atom. The maximum absolute atomic E-state index is 11.1. The fourth-order valence-electron chi connectivity index (χ4n) is 2.45.